The third-order valence-electron chi connectivity index (χ3n) is 7.68. The summed E-state index contributed by atoms with van der Waals surface area (Å²) in [5, 5.41) is 0. The zero-order chi connectivity index (χ0) is 27.8. The van der Waals surface area contributed by atoms with Crippen LogP contribution in [0.25, 0.3) is 0 Å². The van der Waals surface area contributed by atoms with Crippen LogP contribution in [0, 0.1) is 0 Å². The van der Waals surface area contributed by atoms with Gasteiger partial charge in [0.1, 0.15) is 0 Å². The van der Waals surface area contributed by atoms with E-state index in [1.165, 1.54) is 155 Å². The van der Waals surface area contributed by atoms with Gasteiger partial charge < -0.3 is 17.0 Å². The minimum atomic E-state index is -1.84. The highest BCUT2D eigenvalue weighted by Crippen LogP contribution is 2.70. The second-order valence-corrected chi connectivity index (χ2v) is 14.5. The van der Waals surface area contributed by atoms with E-state index in [-0.39, 0.29) is 17.0 Å². The van der Waals surface area contributed by atoms with Gasteiger partial charge in [0.15, 0.2) is 0 Å². The van der Waals surface area contributed by atoms with Gasteiger partial charge in [0, 0.05) is 52.4 Å². The van der Waals surface area contributed by atoms with E-state index in [0.29, 0.717) is 0 Å². The lowest BCUT2D eigenvalue weighted by atomic mass is 10.3. The predicted octanol–water partition coefficient (Wildman–Crippen LogP) is 7.28. The highest BCUT2D eigenvalue weighted by atomic mass is 79.9. The third kappa shape index (κ3) is 14.6. The van der Waals surface area contributed by atoms with E-state index in [2.05, 4.69) is 74.1 Å². The van der Waals surface area contributed by atoms with Gasteiger partial charge in [-0.25, -0.2) is 0 Å². The van der Waals surface area contributed by atoms with Crippen molar-refractivity contribution < 1.29 is 17.0 Å². The van der Waals surface area contributed by atoms with Crippen molar-refractivity contribution in [3.8, 4) is 0 Å². The molecule has 0 N–H and O–H groups in total. The molecule has 0 radical (unpaired) electrons. The molecule has 0 fully saturated rings. The second kappa shape index (κ2) is 27.9. The Morgan fingerprint density at radius 2 is 0.421 bits per heavy atom. The average Bonchev–Trinajstić information content (AvgIpc) is 2.92. The van der Waals surface area contributed by atoms with Crippen LogP contribution in [-0.2, 0) is 0 Å². The van der Waals surface area contributed by atoms with E-state index in [0.717, 1.165) is 0 Å². The summed E-state index contributed by atoms with van der Waals surface area (Å²) in [5.74, 6) is 0. The molecule has 0 unspecified atom stereocenters. The molecule has 0 aromatic carbocycles. The molecule has 0 bridgehead atoms. The van der Waals surface area contributed by atoms with Crippen LogP contribution in [0.2, 0.25) is 0 Å². The van der Waals surface area contributed by atoms with Crippen molar-refractivity contribution in [2.45, 2.75) is 158 Å². The molecule has 0 rings (SSSR count). The molecule has 0 aliphatic carbocycles. The number of hydrogen-bond donors (Lipinski definition) is 0. The van der Waals surface area contributed by atoms with Crippen LogP contribution in [0.4, 0.5) is 0 Å². The van der Waals surface area contributed by atoms with Crippen LogP contribution in [0.3, 0.4) is 0 Å². The van der Waals surface area contributed by atoms with E-state index in [1.54, 1.807) is 0 Å². The maximum Gasteiger partial charge on any atom is 0.308 e. The molecule has 232 valence electrons. The van der Waals surface area contributed by atoms with Crippen LogP contribution in [0.15, 0.2) is 0 Å². The largest absolute Gasteiger partial charge is 1.00 e. The van der Waals surface area contributed by atoms with Gasteiger partial charge in [-0.1, -0.05) is 107 Å². The average molecular weight is 624 g/mol. The molecule has 0 amide bonds. The van der Waals surface area contributed by atoms with Crippen molar-refractivity contribution in [2.24, 2.45) is 0 Å². The predicted molar refractivity (Wildman–Crippen MR) is 172 cm³/mol. The fourth-order valence-electron chi connectivity index (χ4n) is 5.32. The summed E-state index contributed by atoms with van der Waals surface area (Å²) >= 11 is 0. The Labute approximate surface area is 253 Å². The summed E-state index contributed by atoms with van der Waals surface area (Å²) in [4.78, 5) is 0. The van der Waals surface area contributed by atoms with Crippen LogP contribution in [-0.4, -0.2) is 71.0 Å². The molecule has 0 aliphatic heterocycles. The summed E-state index contributed by atoms with van der Waals surface area (Å²) < 4.78 is 12.5. The van der Waals surface area contributed by atoms with Crippen molar-refractivity contribution in [1.29, 1.82) is 0 Å². The molecule has 0 aliphatic rings. The first-order chi connectivity index (χ1) is 18.1. The summed E-state index contributed by atoms with van der Waals surface area (Å²) in [6.45, 7) is 29.3. The van der Waals surface area contributed by atoms with Crippen molar-refractivity contribution >= 4 is 7.87 Å². The Balaban J connectivity index is 0. The molecule has 0 atom stereocenters. The molecule has 0 spiro atoms. The van der Waals surface area contributed by atoms with Crippen LogP contribution < -0.4 is 17.0 Å². The molecule has 38 heavy (non-hydrogen) atoms. The van der Waals surface area contributed by atoms with Crippen LogP contribution in [0.5, 0.6) is 0 Å². The first-order valence-electron chi connectivity index (χ1n) is 17.0. The van der Waals surface area contributed by atoms with Gasteiger partial charge in [-0.3, -0.25) is 0 Å². The maximum absolute atomic E-state index is 3.11. The number of halogens is 1. The molecule has 4 nitrogen and oxygen atoms in total. The van der Waals surface area contributed by atoms with E-state index in [1.807, 2.05) is 0 Å². The fraction of sp³-hybridized carbons (Fsp3) is 1.00. The summed E-state index contributed by atoms with van der Waals surface area (Å²) in [7, 11) is -1.84. The Hall–Kier alpha value is 0.750. The maximum atomic E-state index is 3.11. The first-order valence-corrected chi connectivity index (χ1v) is 18.6. The Morgan fingerprint density at radius 1 is 0.289 bits per heavy atom. The highest BCUT2D eigenvalue weighted by molar-refractivity contribution is 7.66. The summed E-state index contributed by atoms with van der Waals surface area (Å²) in [6.07, 6.45) is 20.9. The standard InChI is InChI=1S/C32H72N4P.BrH/c1-9-17-25-33(26-18-10-2)37(34(27-19-11-3)28-20-12-4,35(29-21-13-5)30-22-14-6)36(31-23-15-7)32-24-16-8;/h9-32H2,1-8H3;1H/q+1;/p-1. The zero-order valence-corrected chi connectivity index (χ0v) is 30.1. The zero-order valence-electron chi connectivity index (χ0n) is 27.6. The van der Waals surface area contributed by atoms with Gasteiger partial charge in [-0.05, 0) is 51.4 Å². The van der Waals surface area contributed by atoms with Crippen molar-refractivity contribution in [3.63, 3.8) is 0 Å². The molecule has 0 aromatic rings. The lowest BCUT2D eigenvalue weighted by Crippen LogP contribution is -3.00. The summed E-state index contributed by atoms with van der Waals surface area (Å²) in [6, 6.07) is 0. The van der Waals surface area contributed by atoms with Gasteiger partial charge in [0.05, 0.1) is 0 Å². The first kappa shape index (κ1) is 40.9. The van der Waals surface area contributed by atoms with Gasteiger partial charge in [-0.2, -0.15) is 0 Å². The minimum absolute atomic E-state index is 0. The normalized spacial score (nSPS) is 12.3. The van der Waals surface area contributed by atoms with E-state index < -0.39 is 7.87 Å². The molecule has 0 heterocycles. The third-order valence-corrected chi connectivity index (χ3v) is 12.3. The molecular weight excluding hydrogens is 551 g/mol. The van der Waals surface area contributed by atoms with Crippen molar-refractivity contribution in [2.75, 3.05) is 52.4 Å². The van der Waals surface area contributed by atoms with Crippen molar-refractivity contribution in [1.82, 2.24) is 18.7 Å². The lowest BCUT2D eigenvalue weighted by molar-refractivity contribution is -0.00000898. The molecule has 0 saturated carbocycles. The number of unbranched alkanes of at least 4 members (excludes halogenated alkanes) is 8. The molecular formula is C32H72BrN4P. The number of rotatable bonds is 28. The van der Waals surface area contributed by atoms with E-state index >= 15 is 0 Å². The monoisotopic (exact) mass is 622 g/mol. The van der Waals surface area contributed by atoms with E-state index in [4.69, 9.17) is 0 Å². The van der Waals surface area contributed by atoms with Crippen LogP contribution in [0.1, 0.15) is 158 Å². The topological polar surface area (TPSA) is 13.0 Å². The smallest absolute Gasteiger partial charge is 0.308 e. The Morgan fingerprint density at radius 3 is 0.526 bits per heavy atom. The van der Waals surface area contributed by atoms with Crippen LogP contribution >= 0.6 is 7.87 Å². The SMILES string of the molecule is CCCCN(CCCC)[P+](N(CCCC)CCCC)(N(CCCC)CCCC)N(CCCC)CCCC.[Br-]. The second-order valence-electron chi connectivity index (χ2n) is 11.2. The molecule has 0 saturated heterocycles. The van der Waals surface area contributed by atoms with Gasteiger partial charge >= 0.3 is 7.87 Å². The Bertz CT molecular complexity index is 365. The van der Waals surface area contributed by atoms with Gasteiger partial charge in [0.2, 0.25) is 0 Å². The molecule has 0 aromatic heterocycles. The Kier molecular flexibility index (Phi) is 30.0. The fourth-order valence-corrected chi connectivity index (χ4v) is 10.7. The summed E-state index contributed by atoms with van der Waals surface area (Å²) in [5.41, 5.74) is 0. The van der Waals surface area contributed by atoms with E-state index in [9.17, 15) is 0 Å². The number of nitrogens with zero attached hydrogens (tertiary/aromatic N) is 4. The minimum Gasteiger partial charge on any atom is -1.00 e. The van der Waals surface area contributed by atoms with Gasteiger partial charge in [-0.15, -0.1) is 18.7 Å². The quantitative estimate of drug-likeness (QED) is 0.0850. The molecule has 6 heteroatoms. The van der Waals surface area contributed by atoms with Crippen molar-refractivity contribution in [3.05, 3.63) is 0 Å². The lowest BCUT2D eigenvalue weighted by Gasteiger charge is -2.52. The highest BCUT2D eigenvalue weighted by Gasteiger charge is 2.60. The number of hydrogen-bond acceptors (Lipinski definition) is 4. The van der Waals surface area contributed by atoms with Gasteiger partial charge in [0.25, 0.3) is 0 Å².